The number of halogens is 1. The molecule has 0 aromatic heterocycles. The van der Waals surface area contributed by atoms with Gasteiger partial charge in [0.25, 0.3) is 0 Å². The van der Waals surface area contributed by atoms with Crippen molar-refractivity contribution in [1.29, 1.82) is 0 Å². The van der Waals surface area contributed by atoms with Gasteiger partial charge in [0.1, 0.15) is 5.82 Å². The van der Waals surface area contributed by atoms with Gasteiger partial charge in [0.15, 0.2) is 0 Å². The molecule has 0 spiro atoms. The monoisotopic (exact) mass is 284 g/mol. The summed E-state index contributed by atoms with van der Waals surface area (Å²) in [6.07, 6.45) is 1.20. The third-order valence-electron chi connectivity index (χ3n) is 3.96. The molecule has 1 aliphatic rings. The number of hydrogen-bond acceptors (Lipinski definition) is 2. The largest absolute Gasteiger partial charge is 0.326 e. The van der Waals surface area contributed by atoms with Gasteiger partial charge < -0.3 is 11.1 Å². The second-order valence-corrected chi connectivity index (χ2v) is 5.44. The molecule has 0 radical (unpaired) electrons. The van der Waals surface area contributed by atoms with E-state index in [1.165, 1.54) is 12.1 Å². The molecule has 3 rings (SSSR count). The minimum atomic E-state index is -0.372. The highest BCUT2D eigenvalue weighted by molar-refractivity contribution is 5.93. The lowest BCUT2D eigenvalue weighted by Crippen LogP contribution is -2.20. The molecule has 1 unspecified atom stereocenters. The van der Waals surface area contributed by atoms with Crippen molar-refractivity contribution < 1.29 is 9.18 Å². The quantitative estimate of drug-likeness (QED) is 0.890. The average Bonchev–Trinajstić information content (AvgIpc) is 2.48. The Hall–Kier alpha value is -2.20. The smallest absolute Gasteiger partial charge is 0.224 e. The number of anilines is 1. The van der Waals surface area contributed by atoms with E-state index in [1.54, 1.807) is 6.07 Å². The second kappa shape index (κ2) is 5.30. The van der Waals surface area contributed by atoms with Gasteiger partial charge >= 0.3 is 0 Å². The van der Waals surface area contributed by atoms with Gasteiger partial charge in [-0.25, -0.2) is 4.39 Å². The molecule has 3 nitrogen and oxygen atoms in total. The number of nitrogens with two attached hydrogens (primary N) is 1. The van der Waals surface area contributed by atoms with Crippen LogP contribution in [0.1, 0.15) is 34.7 Å². The number of benzene rings is 2. The fourth-order valence-electron chi connectivity index (χ4n) is 2.72. The van der Waals surface area contributed by atoms with Crippen molar-refractivity contribution in [1.82, 2.24) is 0 Å². The van der Waals surface area contributed by atoms with Crippen LogP contribution in [0, 0.1) is 12.7 Å². The molecule has 0 saturated heterocycles. The lowest BCUT2D eigenvalue weighted by molar-refractivity contribution is -0.116. The molecular weight excluding hydrogens is 267 g/mol. The third-order valence-corrected chi connectivity index (χ3v) is 3.96. The predicted molar refractivity (Wildman–Crippen MR) is 80.6 cm³/mol. The summed E-state index contributed by atoms with van der Waals surface area (Å²) in [4.78, 5) is 11.4. The van der Waals surface area contributed by atoms with Crippen LogP contribution in [0.3, 0.4) is 0 Å². The molecule has 4 heteroatoms. The first-order valence-corrected chi connectivity index (χ1v) is 6.99. The summed E-state index contributed by atoms with van der Waals surface area (Å²) in [6.45, 7) is 1.92. The van der Waals surface area contributed by atoms with E-state index in [9.17, 15) is 9.18 Å². The van der Waals surface area contributed by atoms with E-state index in [1.807, 2.05) is 25.1 Å². The Labute approximate surface area is 123 Å². The van der Waals surface area contributed by atoms with Gasteiger partial charge in [-0.2, -0.15) is 0 Å². The maximum Gasteiger partial charge on any atom is 0.224 e. The lowest BCUT2D eigenvalue weighted by Gasteiger charge is -2.21. The number of amides is 1. The zero-order chi connectivity index (χ0) is 15.0. The van der Waals surface area contributed by atoms with E-state index < -0.39 is 0 Å². The first-order chi connectivity index (χ1) is 10.0. The van der Waals surface area contributed by atoms with E-state index in [-0.39, 0.29) is 17.8 Å². The van der Waals surface area contributed by atoms with E-state index >= 15 is 0 Å². The van der Waals surface area contributed by atoms with E-state index in [0.29, 0.717) is 12.8 Å². The summed E-state index contributed by atoms with van der Waals surface area (Å²) in [5.41, 5.74) is 10.9. The van der Waals surface area contributed by atoms with Gasteiger partial charge in [-0.15, -0.1) is 0 Å². The Morgan fingerprint density at radius 2 is 2.00 bits per heavy atom. The number of fused-ring (bicyclic) bond motifs is 1. The van der Waals surface area contributed by atoms with Crippen molar-refractivity contribution in [3.05, 3.63) is 64.5 Å². The zero-order valence-corrected chi connectivity index (χ0v) is 11.8. The van der Waals surface area contributed by atoms with Crippen LogP contribution in [-0.2, 0) is 11.2 Å². The van der Waals surface area contributed by atoms with Crippen LogP contribution >= 0.6 is 0 Å². The maximum atomic E-state index is 13.4. The van der Waals surface area contributed by atoms with E-state index in [4.69, 9.17) is 5.73 Å². The molecule has 1 amide bonds. The number of nitrogens with one attached hydrogen (secondary N) is 1. The first-order valence-electron chi connectivity index (χ1n) is 6.99. The molecular formula is C17H17FN2O. The Morgan fingerprint density at radius 3 is 2.81 bits per heavy atom. The molecule has 0 bridgehead atoms. The fourth-order valence-corrected chi connectivity index (χ4v) is 2.72. The molecule has 1 heterocycles. The van der Waals surface area contributed by atoms with Crippen LogP contribution < -0.4 is 11.1 Å². The summed E-state index contributed by atoms with van der Waals surface area (Å²) in [5.74, 6) is -0.239. The average molecular weight is 284 g/mol. The SMILES string of the molecule is Cc1ccc(F)cc1C(N)c1ccc2c(c1)CCC(=O)N2. The number of carbonyl (C=O) groups excluding carboxylic acids is 1. The topological polar surface area (TPSA) is 55.1 Å². The van der Waals surface area contributed by atoms with Crippen molar-refractivity contribution in [2.45, 2.75) is 25.8 Å². The number of rotatable bonds is 2. The number of aryl methyl sites for hydroxylation is 2. The van der Waals surface area contributed by atoms with Crippen LogP contribution in [0.25, 0.3) is 0 Å². The highest BCUT2D eigenvalue weighted by Crippen LogP contribution is 2.29. The molecule has 21 heavy (non-hydrogen) atoms. The van der Waals surface area contributed by atoms with Crippen LogP contribution in [0.4, 0.5) is 10.1 Å². The van der Waals surface area contributed by atoms with Gasteiger partial charge in [0, 0.05) is 12.1 Å². The normalized spacial score (nSPS) is 15.3. The highest BCUT2D eigenvalue weighted by Gasteiger charge is 2.18. The van der Waals surface area contributed by atoms with Gasteiger partial charge in [0.05, 0.1) is 6.04 Å². The second-order valence-electron chi connectivity index (χ2n) is 5.44. The molecule has 0 aliphatic carbocycles. The highest BCUT2D eigenvalue weighted by atomic mass is 19.1. The summed E-state index contributed by atoms with van der Waals surface area (Å²) in [5, 5.41) is 2.85. The van der Waals surface area contributed by atoms with Crippen LogP contribution in [0.15, 0.2) is 36.4 Å². The van der Waals surface area contributed by atoms with Gasteiger partial charge in [-0.05, 0) is 53.8 Å². The molecule has 3 N–H and O–H groups in total. The van der Waals surface area contributed by atoms with Crippen LogP contribution in [0.5, 0.6) is 0 Å². The van der Waals surface area contributed by atoms with Gasteiger partial charge in [-0.3, -0.25) is 4.79 Å². The summed E-state index contributed by atoms with van der Waals surface area (Å²) in [7, 11) is 0. The molecule has 0 fully saturated rings. The van der Waals surface area contributed by atoms with Crippen molar-refractivity contribution in [2.24, 2.45) is 5.73 Å². The Balaban J connectivity index is 1.97. The molecule has 108 valence electrons. The lowest BCUT2D eigenvalue weighted by atomic mass is 9.92. The third kappa shape index (κ3) is 2.67. The fraction of sp³-hybridized carbons (Fsp3) is 0.235. The number of hydrogen-bond donors (Lipinski definition) is 2. The van der Waals surface area contributed by atoms with Crippen LogP contribution in [0.2, 0.25) is 0 Å². The van der Waals surface area contributed by atoms with Crippen LogP contribution in [-0.4, -0.2) is 5.91 Å². The zero-order valence-electron chi connectivity index (χ0n) is 11.8. The molecule has 2 aromatic carbocycles. The molecule has 0 saturated carbocycles. The molecule has 2 aromatic rings. The van der Waals surface area contributed by atoms with E-state index in [0.717, 1.165) is 27.9 Å². The van der Waals surface area contributed by atoms with Crippen molar-refractivity contribution in [2.75, 3.05) is 5.32 Å². The standard InChI is InChI=1S/C17H17FN2O/c1-10-2-5-13(18)9-14(10)17(19)12-3-6-15-11(8-12)4-7-16(21)20-15/h2-3,5-6,8-9,17H,4,7,19H2,1H3,(H,20,21). The van der Waals surface area contributed by atoms with Gasteiger partial charge in [-0.1, -0.05) is 18.2 Å². The predicted octanol–water partition coefficient (Wildman–Crippen LogP) is 3.07. The summed E-state index contributed by atoms with van der Waals surface area (Å²) in [6, 6.07) is 10.1. The molecule has 1 aliphatic heterocycles. The first kappa shape index (κ1) is 13.8. The summed E-state index contributed by atoms with van der Waals surface area (Å²) >= 11 is 0. The summed E-state index contributed by atoms with van der Waals surface area (Å²) < 4.78 is 13.4. The van der Waals surface area contributed by atoms with E-state index in [2.05, 4.69) is 5.32 Å². The number of carbonyl (C=O) groups is 1. The maximum absolute atomic E-state index is 13.4. The van der Waals surface area contributed by atoms with Crippen molar-refractivity contribution in [3.8, 4) is 0 Å². The minimum absolute atomic E-state index is 0.0422. The Bertz CT molecular complexity index is 712. The van der Waals surface area contributed by atoms with Gasteiger partial charge in [0.2, 0.25) is 5.91 Å². The van der Waals surface area contributed by atoms with Crippen molar-refractivity contribution in [3.63, 3.8) is 0 Å². The Morgan fingerprint density at radius 1 is 1.19 bits per heavy atom. The Kier molecular flexibility index (Phi) is 3.47. The van der Waals surface area contributed by atoms with Crippen molar-refractivity contribution >= 4 is 11.6 Å². The minimum Gasteiger partial charge on any atom is -0.326 e. The molecule has 1 atom stereocenters.